The van der Waals surface area contributed by atoms with Crippen LogP contribution in [0.4, 0.5) is 0 Å². The van der Waals surface area contributed by atoms with Gasteiger partial charge in [0.25, 0.3) is 0 Å². The Morgan fingerprint density at radius 1 is 0.833 bits per heavy atom. The third-order valence-electron chi connectivity index (χ3n) is 2.72. The molecule has 0 aliphatic carbocycles. The minimum atomic E-state index is 0.566. The summed E-state index contributed by atoms with van der Waals surface area (Å²) >= 11 is 11.7. The first-order chi connectivity index (χ1) is 8.78. The van der Waals surface area contributed by atoms with Crippen LogP contribution in [0.1, 0.15) is 16.7 Å². The van der Waals surface area contributed by atoms with Crippen molar-refractivity contribution in [3.05, 3.63) is 70.2 Å². The summed E-state index contributed by atoms with van der Waals surface area (Å²) in [5, 5.41) is 4.17. The first-order valence-corrected chi connectivity index (χ1v) is 6.78. The zero-order valence-electron chi connectivity index (χ0n) is 10.00. The van der Waals surface area contributed by atoms with Gasteiger partial charge in [-0.3, -0.25) is 0 Å². The molecule has 0 aromatic heterocycles. The van der Waals surface area contributed by atoms with Crippen molar-refractivity contribution in [2.24, 2.45) is 0 Å². The molecule has 0 aliphatic rings. The second kappa shape index (κ2) is 6.79. The molecule has 18 heavy (non-hydrogen) atoms. The summed E-state index contributed by atoms with van der Waals surface area (Å²) in [6.07, 6.45) is 0. The maximum absolute atomic E-state index is 5.93. The lowest BCUT2D eigenvalue weighted by Gasteiger charge is -2.06. The number of nitrogens with one attached hydrogen (secondary N) is 1. The van der Waals surface area contributed by atoms with Gasteiger partial charge in [0.05, 0.1) is 0 Å². The summed E-state index contributed by atoms with van der Waals surface area (Å²) in [6.45, 7) is 1.66. The third kappa shape index (κ3) is 4.02. The molecule has 0 aliphatic heterocycles. The number of hydrogen-bond donors (Lipinski definition) is 1. The summed E-state index contributed by atoms with van der Waals surface area (Å²) in [7, 11) is 0. The van der Waals surface area contributed by atoms with Gasteiger partial charge in [0.2, 0.25) is 0 Å². The zero-order valence-corrected chi connectivity index (χ0v) is 11.5. The van der Waals surface area contributed by atoms with E-state index in [1.165, 1.54) is 11.1 Å². The zero-order chi connectivity index (χ0) is 12.8. The molecule has 2 aromatic rings. The van der Waals surface area contributed by atoms with Gasteiger partial charge >= 0.3 is 0 Å². The van der Waals surface area contributed by atoms with E-state index in [1.54, 1.807) is 0 Å². The lowest BCUT2D eigenvalue weighted by Crippen LogP contribution is -2.12. The first kappa shape index (κ1) is 13.4. The van der Waals surface area contributed by atoms with Crippen LogP contribution < -0.4 is 5.32 Å². The largest absolute Gasteiger partial charge is 0.309 e. The topological polar surface area (TPSA) is 12.0 Å². The van der Waals surface area contributed by atoms with Gasteiger partial charge in [-0.1, -0.05) is 48.0 Å². The first-order valence-electron chi connectivity index (χ1n) is 5.87. The molecule has 0 heterocycles. The van der Waals surface area contributed by atoms with Crippen LogP contribution in [0, 0.1) is 0 Å². The predicted octanol–water partition coefficient (Wildman–Crippen LogP) is 4.37. The molecule has 0 unspecified atom stereocenters. The number of alkyl halides is 1. The van der Waals surface area contributed by atoms with Gasteiger partial charge in [-0.15, -0.1) is 11.6 Å². The highest BCUT2D eigenvalue weighted by Gasteiger charge is 1.96. The SMILES string of the molecule is ClCc1ccc(CNCc2cccc(Cl)c2)cc1. The molecule has 94 valence electrons. The molecular formula is C15H15Cl2N. The van der Waals surface area contributed by atoms with Crippen LogP contribution in [0.3, 0.4) is 0 Å². The molecule has 0 atom stereocenters. The molecule has 1 N–H and O–H groups in total. The van der Waals surface area contributed by atoms with Crippen LogP contribution in [0.5, 0.6) is 0 Å². The highest BCUT2D eigenvalue weighted by atomic mass is 35.5. The maximum Gasteiger partial charge on any atom is 0.0474 e. The van der Waals surface area contributed by atoms with Gasteiger partial charge in [0, 0.05) is 24.0 Å². The molecule has 0 fully saturated rings. The quantitative estimate of drug-likeness (QED) is 0.802. The van der Waals surface area contributed by atoms with Gasteiger partial charge in [0.1, 0.15) is 0 Å². The van der Waals surface area contributed by atoms with E-state index in [4.69, 9.17) is 23.2 Å². The highest BCUT2D eigenvalue weighted by Crippen LogP contribution is 2.11. The summed E-state index contributed by atoms with van der Waals surface area (Å²) in [5.74, 6) is 0.566. The van der Waals surface area contributed by atoms with Crippen molar-refractivity contribution < 1.29 is 0 Å². The molecule has 0 saturated heterocycles. The summed E-state index contributed by atoms with van der Waals surface area (Å²) in [4.78, 5) is 0. The second-order valence-corrected chi connectivity index (χ2v) is 4.89. The molecule has 0 amide bonds. The van der Waals surface area contributed by atoms with Crippen molar-refractivity contribution in [2.45, 2.75) is 19.0 Å². The van der Waals surface area contributed by atoms with Crippen LogP contribution in [0.25, 0.3) is 0 Å². The molecule has 0 saturated carbocycles. The third-order valence-corrected chi connectivity index (χ3v) is 3.27. The van der Waals surface area contributed by atoms with Gasteiger partial charge < -0.3 is 5.32 Å². The van der Waals surface area contributed by atoms with E-state index in [0.29, 0.717) is 5.88 Å². The fourth-order valence-corrected chi connectivity index (χ4v) is 2.14. The molecular weight excluding hydrogens is 265 g/mol. The van der Waals surface area contributed by atoms with E-state index in [-0.39, 0.29) is 0 Å². The Labute approximate surface area is 118 Å². The van der Waals surface area contributed by atoms with E-state index in [9.17, 15) is 0 Å². The van der Waals surface area contributed by atoms with Crippen LogP contribution >= 0.6 is 23.2 Å². The molecule has 1 nitrogen and oxygen atoms in total. The monoisotopic (exact) mass is 279 g/mol. The minimum absolute atomic E-state index is 0.566. The van der Waals surface area contributed by atoms with Crippen LogP contribution in [0.2, 0.25) is 5.02 Å². The normalized spacial score (nSPS) is 10.6. The molecule has 2 rings (SSSR count). The fraction of sp³-hybridized carbons (Fsp3) is 0.200. The van der Waals surface area contributed by atoms with Crippen molar-refractivity contribution in [3.8, 4) is 0 Å². The molecule has 0 bridgehead atoms. The number of benzene rings is 2. The van der Waals surface area contributed by atoms with E-state index >= 15 is 0 Å². The van der Waals surface area contributed by atoms with Crippen molar-refractivity contribution in [1.82, 2.24) is 5.32 Å². The van der Waals surface area contributed by atoms with Gasteiger partial charge in [-0.2, -0.15) is 0 Å². The molecule has 0 spiro atoms. The van der Waals surface area contributed by atoms with E-state index in [1.807, 2.05) is 18.2 Å². The van der Waals surface area contributed by atoms with E-state index in [2.05, 4.69) is 35.6 Å². The fourth-order valence-electron chi connectivity index (χ4n) is 1.74. The highest BCUT2D eigenvalue weighted by molar-refractivity contribution is 6.30. The Morgan fingerprint density at radius 2 is 1.50 bits per heavy atom. The lowest BCUT2D eigenvalue weighted by molar-refractivity contribution is 0.693. The van der Waals surface area contributed by atoms with Crippen LogP contribution in [0.15, 0.2) is 48.5 Å². The Hall–Kier alpha value is -1.02. The lowest BCUT2D eigenvalue weighted by atomic mass is 10.1. The van der Waals surface area contributed by atoms with E-state index < -0.39 is 0 Å². The smallest absolute Gasteiger partial charge is 0.0474 e. The Kier molecular flexibility index (Phi) is 5.06. The summed E-state index contributed by atoms with van der Waals surface area (Å²) in [6, 6.07) is 16.2. The predicted molar refractivity (Wildman–Crippen MR) is 78.0 cm³/mol. The maximum atomic E-state index is 5.93. The average Bonchev–Trinajstić information content (AvgIpc) is 2.40. The molecule has 0 radical (unpaired) electrons. The van der Waals surface area contributed by atoms with Gasteiger partial charge in [-0.05, 0) is 28.8 Å². The van der Waals surface area contributed by atoms with Crippen molar-refractivity contribution in [2.75, 3.05) is 0 Å². The number of hydrogen-bond acceptors (Lipinski definition) is 1. The minimum Gasteiger partial charge on any atom is -0.309 e. The van der Waals surface area contributed by atoms with Crippen LogP contribution in [-0.4, -0.2) is 0 Å². The summed E-state index contributed by atoms with van der Waals surface area (Å²) in [5.41, 5.74) is 3.60. The molecule has 2 aromatic carbocycles. The molecule has 3 heteroatoms. The van der Waals surface area contributed by atoms with Crippen LogP contribution in [-0.2, 0) is 19.0 Å². The Bertz CT molecular complexity index is 494. The number of rotatable bonds is 5. The van der Waals surface area contributed by atoms with Crippen molar-refractivity contribution >= 4 is 23.2 Å². The summed E-state index contributed by atoms with van der Waals surface area (Å²) < 4.78 is 0. The van der Waals surface area contributed by atoms with Crippen molar-refractivity contribution in [3.63, 3.8) is 0 Å². The Morgan fingerprint density at radius 3 is 2.17 bits per heavy atom. The average molecular weight is 280 g/mol. The number of halogens is 2. The van der Waals surface area contributed by atoms with Gasteiger partial charge in [0.15, 0.2) is 0 Å². The Balaban J connectivity index is 1.84. The standard InChI is InChI=1S/C15H15Cl2N/c16-9-12-4-6-13(7-5-12)10-18-11-14-2-1-3-15(17)8-14/h1-8,18H,9-11H2. The second-order valence-electron chi connectivity index (χ2n) is 4.18. The van der Waals surface area contributed by atoms with Crippen molar-refractivity contribution in [1.29, 1.82) is 0 Å². The van der Waals surface area contributed by atoms with Gasteiger partial charge in [-0.25, -0.2) is 0 Å². The van der Waals surface area contributed by atoms with E-state index in [0.717, 1.165) is 23.7 Å².